The highest BCUT2D eigenvalue weighted by molar-refractivity contribution is 7.89. The predicted molar refractivity (Wildman–Crippen MR) is 129 cm³/mol. The molecule has 1 aliphatic heterocycles. The van der Waals surface area contributed by atoms with Crippen LogP contribution in [0.2, 0.25) is 5.02 Å². The minimum absolute atomic E-state index is 0.178. The summed E-state index contributed by atoms with van der Waals surface area (Å²) in [5, 5.41) is 5.79. The zero-order valence-corrected chi connectivity index (χ0v) is 20.5. The fraction of sp³-hybridized carbons (Fsp3) is 0.391. The predicted octanol–water partition coefficient (Wildman–Crippen LogP) is 2.67. The van der Waals surface area contributed by atoms with Crippen molar-refractivity contribution in [3.8, 4) is 0 Å². The zero-order chi connectivity index (χ0) is 24.2. The summed E-state index contributed by atoms with van der Waals surface area (Å²) in [7, 11) is -1.63. The molecule has 0 saturated carbocycles. The van der Waals surface area contributed by atoms with Crippen LogP contribution in [0.1, 0.15) is 24.2 Å². The molecule has 0 spiro atoms. The average molecular weight is 493 g/mol. The van der Waals surface area contributed by atoms with Gasteiger partial charge in [0.2, 0.25) is 15.9 Å². The normalized spacial score (nSPS) is 16.4. The van der Waals surface area contributed by atoms with Crippen LogP contribution in [0.5, 0.6) is 0 Å². The van der Waals surface area contributed by atoms with E-state index in [0.29, 0.717) is 36.9 Å². The van der Waals surface area contributed by atoms with Gasteiger partial charge in [-0.15, -0.1) is 0 Å². The van der Waals surface area contributed by atoms with E-state index in [0.717, 1.165) is 0 Å². The second kappa shape index (κ2) is 10.6. The third-order valence-electron chi connectivity index (χ3n) is 5.58. The van der Waals surface area contributed by atoms with Gasteiger partial charge in [-0.1, -0.05) is 37.6 Å². The molecular formula is C23H29ClN4O4S. The number of anilines is 1. The number of carbonyl (C=O) groups excluding carboxylic acids is 2. The number of likely N-dealkylation sites (N-methyl/N-ethyl adjacent to an activating group) is 1. The Labute approximate surface area is 200 Å². The summed E-state index contributed by atoms with van der Waals surface area (Å²) < 4.78 is 27.2. The molecule has 8 nitrogen and oxygen atoms in total. The molecule has 1 heterocycles. The van der Waals surface area contributed by atoms with Gasteiger partial charge in [0.25, 0.3) is 5.91 Å². The Bertz CT molecular complexity index is 1100. The molecule has 2 aromatic carbocycles. The number of sulfonamides is 1. The molecule has 1 atom stereocenters. The number of halogens is 1. The van der Waals surface area contributed by atoms with Crippen LogP contribution in [0.4, 0.5) is 5.69 Å². The molecule has 0 bridgehead atoms. The number of nitrogens with one attached hydrogen (secondary N) is 2. The molecule has 2 aromatic rings. The van der Waals surface area contributed by atoms with Crippen molar-refractivity contribution in [1.82, 2.24) is 14.5 Å². The van der Waals surface area contributed by atoms with Crippen molar-refractivity contribution in [3.05, 3.63) is 59.1 Å². The lowest BCUT2D eigenvalue weighted by molar-refractivity contribution is -0.118. The summed E-state index contributed by atoms with van der Waals surface area (Å²) in [5.41, 5.74) is 0.728. The van der Waals surface area contributed by atoms with Gasteiger partial charge in [-0.2, -0.15) is 4.31 Å². The van der Waals surface area contributed by atoms with Crippen LogP contribution in [0.15, 0.2) is 53.4 Å². The zero-order valence-electron chi connectivity index (χ0n) is 18.9. The van der Waals surface area contributed by atoms with Gasteiger partial charge in [-0.3, -0.25) is 9.59 Å². The Morgan fingerprint density at radius 1 is 0.970 bits per heavy atom. The van der Waals surface area contributed by atoms with Crippen molar-refractivity contribution in [1.29, 1.82) is 0 Å². The largest absolute Gasteiger partial charge is 0.340 e. The minimum Gasteiger partial charge on any atom is -0.340 e. The maximum absolute atomic E-state index is 12.9. The molecule has 0 radical (unpaired) electrons. The van der Waals surface area contributed by atoms with E-state index in [2.05, 4.69) is 15.5 Å². The Morgan fingerprint density at radius 2 is 1.58 bits per heavy atom. The van der Waals surface area contributed by atoms with Crippen molar-refractivity contribution in [2.24, 2.45) is 5.92 Å². The molecule has 0 aromatic heterocycles. The smallest absolute Gasteiger partial charge is 0.253 e. The second-order valence-electron chi connectivity index (χ2n) is 8.40. The van der Waals surface area contributed by atoms with Crippen LogP contribution < -0.4 is 10.6 Å². The van der Waals surface area contributed by atoms with Gasteiger partial charge in [-0.25, -0.2) is 8.42 Å². The number of piperazine rings is 1. The van der Waals surface area contributed by atoms with E-state index in [9.17, 15) is 18.0 Å². The number of rotatable bonds is 7. The van der Waals surface area contributed by atoms with Crippen LogP contribution in [-0.2, 0) is 14.8 Å². The monoisotopic (exact) mass is 492 g/mol. The van der Waals surface area contributed by atoms with Crippen LogP contribution in [0, 0.1) is 5.92 Å². The lowest BCUT2D eigenvalue weighted by Crippen LogP contribution is -2.47. The molecule has 3 rings (SSSR count). The standard InChI is InChI=1S/C23H29ClN4O4S/c1-16(2)21(26-22(29)19-6-4-5-7-20(19)24)23(30)25-17-8-10-18(11-9-17)33(31,32)28-14-12-27(3)13-15-28/h4-11,16,21H,12-15H2,1-3H3,(H,25,30)(H,26,29)/t21-/m0/s1. The highest BCUT2D eigenvalue weighted by Crippen LogP contribution is 2.21. The molecule has 0 unspecified atom stereocenters. The van der Waals surface area contributed by atoms with Gasteiger partial charge in [0.05, 0.1) is 15.5 Å². The molecule has 0 aliphatic carbocycles. The molecule has 1 aliphatic rings. The fourth-order valence-electron chi connectivity index (χ4n) is 3.51. The molecule has 2 N–H and O–H groups in total. The average Bonchev–Trinajstić information content (AvgIpc) is 2.78. The Balaban J connectivity index is 1.68. The summed E-state index contributed by atoms with van der Waals surface area (Å²) in [4.78, 5) is 27.8. The molecule has 178 valence electrons. The third-order valence-corrected chi connectivity index (χ3v) is 7.82. The van der Waals surface area contributed by atoms with Gasteiger partial charge in [0.1, 0.15) is 6.04 Å². The maximum atomic E-state index is 12.9. The van der Waals surface area contributed by atoms with Crippen LogP contribution in [-0.4, -0.2) is 68.7 Å². The molecule has 2 amide bonds. The minimum atomic E-state index is -3.59. The lowest BCUT2D eigenvalue weighted by atomic mass is 10.0. The summed E-state index contributed by atoms with van der Waals surface area (Å²) >= 11 is 6.09. The number of hydrogen-bond donors (Lipinski definition) is 2. The molecule has 1 saturated heterocycles. The summed E-state index contributed by atoms with van der Waals surface area (Å²) in [6.07, 6.45) is 0. The highest BCUT2D eigenvalue weighted by Gasteiger charge is 2.28. The van der Waals surface area contributed by atoms with Crippen molar-refractivity contribution in [2.45, 2.75) is 24.8 Å². The summed E-state index contributed by atoms with van der Waals surface area (Å²) in [6, 6.07) is 11.9. The molecular weight excluding hydrogens is 464 g/mol. The number of carbonyl (C=O) groups is 2. The van der Waals surface area contributed by atoms with E-state index < -0.39 is 27.9 Å². The quantitative estimate of drug-likeness (QED) is 0.619. The fourth-order valence-corrected chi connectivity index (χ4v) is 5.15. The first-order valence-corrected chi connectivity index (χ1v) is 12.6. The van der Waals surface area contributed by atoms with E-state index in [1.165, 1.54) is 16.4 Å². The van der Waals surface area contributed by atoms with E-state index >= 15 is 0 Å². The van der Waals surface area contributed by atoms with Crippen molar-refractivity contribution in [3.63, 3.8) is 0 Å². The lowest BCUT2D eigenvalue weighted by Gasteiger charge is -2.31. The first kappa shape index (κ1) is 25.2. The third kappa shape index (κ3) is 6.11. The Kier molecular flexibility index (Phi) is 8.12. The SMILES string of the molecule is CC(C)[C@H](NC(=O)c1ccccc1Cl)C(=O)Nc1ccc(S(=O)(=O)N2CCN(C)CC2)cc1. The number of nitrogens with zero attached hydrogens (tertiary/aromatic N) is 2. The van der Waals surface area contributed by atoms with Crippen molar-refractivity contribution < 1.29 is 18.0 Å². The molecule has 1 fully saturated rings. The highest BCUT2D eigenvalue weighted by atomic mass is 35.5. The van der Waals surface area contributed by atoms with Crippen LogP contribution in [0.3, 0.4) is 0 Å². The van der Waals surface area contributed by atoms with E-state index in [1.54, 1.807) is 36.4 Å². The molecule has 33 heavy (non-hydrogen) atoms. The Hall–Kier alpha value is -2.46. The van der Waals surface area contributed by atoms with E-state index in [-0.39, 0.29) is 16.4 Å². The number of amides is 2. The van der Waals surface area contributed by atoms with Crippen LogP contribution >= 0.6 is 11.6 Å². The van der Waals surface area contributed by atoms with Gasteiger partial charge in [0.15, 0.2) is 0 Å². The van der Waals surface area contributed by atoms with Gasteiger partial charge in [0, 0.05) is 31.9 Å². The summed E-state index contributed by atoms with van der Waals surface area (Å²) in [6.45, 7) is 5.90. The van der Waals surface area contributed by atoms with E-state index in [4.69, 9.17) is 11.6 Å². The van der Waals surface area contributed by atoms with Gasteiger partial charge in [-0.05, 0) is 49.4 Å². The number of benzene rings is 2. The van der Waals surface area contributed by atoms with Crippen LogP contribution in [0.25, 0.3) is 0 Å². The summed E-state index contributed by atoms with van der Waals surface area (Å²) in [5.74, 6) is -1.03. The van der Waals surface area contributed by atoms with Gasteiger partial charge >= 0.3 is 0 Å². The molecule has 10 heteroatoms. The Morgan fingerprint density at radius 3 is 2.15 bits per heavy atom. The number of hydrogen-bond acceptors (Lipinski definition) is 5. The van der Waals surface area contributed by atoms with Crippen molar-refractivity contribution >= 4 is 39.1 Å². The van der Waals surface area contributed by atoms with E-state index in [1.807, 2.05) is 20.9 Å². The second-order valence-corrected chi connectivity index (χ2v) is 10.7. The topological polar surface area (TPSA) is 98.8 Å². The first-order chi connectivity index (χ1) is 15.6. The van der Waals surface area contributed by atoms with Crippen molar-refractivity contribution in [2.75, 3.05) is 38.5 Å². The van der Waals surface area contributed by atoms with Gasteiger partial charge < -0.3 is 15.5 Å². The first-order valence-electron chi connectivity index (χ1n) is 10.7. The maximum Gasteiger partial charge on any atom is 0.253 e.